The van der Waals surface area contributed by atoms with Gasteiger partial charge in [-0.15, -0.1) is 5.11 Å². The first-order chi connectivity index (χ1) is 10.2. The Morgan fingerprint density at radius 2 is 1.86 bits per heavy atom. The van der Waals surface area contributed by atoms with Crippen molar-refractivity contribution < 1.29 is 4.39 Å². The average Bonchev–Trinajstić information content (AvgIpc) is 2.94. The first-order valence-electron chi connectivity index (χ1n) is 6.50. The number of nitrogens with zero attached hydrogens (tertiary/aromatic N) is 3. The molecule has 0 radical (unpaired) electrons. The molecule has 1 aromatic heterocycles. The van der Waals surface area contributed by atoms with Crippen LogP contribution in [-0.4, -0.2) is 10.2 Å². The third-order valence-corrected chi connectivity index (χ3v) is 3.04. The number of rotatable bonds is 3. The van der Waals surface area contributed by atoms with Gasteiger partial charge in [0, 0.05) is 11.6 Å². The van der Waals surface area contributed by atoms with Crippen LogP contribution >= 0.6 is 0 Å². The molecule has 1 N–H and O–H groups in total. The summed E-state index contributed by atoms with van der Waals surface area (Å²) >= 11 is 0. The van der Waals surface area contributed by atoms with Crippen LogP contribution in [0.2, 0.25) is 0 Å². The molecule has 0 saturated carbocycles. The van der Waals surface area contributed by atoms with Crippen molar-refractivity contribution in [3.63, 3.8) is 0 Å². The summed E-state index contributed by atoms with van der Waals surface area (Å²) in [7, 11) is 0. The fourth-order valence-electron chi connectivity index (χ4n) is 1.94. The SMILES string of the molecule is Cc1ccc(-c2[nH]ncc2N=Nc2cccc(F)c2)cc1. The zero-order valence-electron chi connectivity index (χ0n) is 11.4. The Bertz CT molecular complexity index is 775. The highest BCUT2D eigenvalue weighted by molar-refractivity contribution is 5.71. The number of hydrogen-bond donors (Lipinski definition) is 1. The summed E-state index contributed by atoms with van der Waals surface area (Å²) in [6.45, 7) is 2.03. The topological polar surface area (TPSA) is 53.4 Å². The molecule has 0 spiro atoms. The van der Waals surface area contributed by atoms with Crippen LogP contribution in [0.15, 0.2) is 65.0 Å². The number of azo groups is 1. The van der Waals surface area contributed by atoms with Crippen LogP contribution in [-0.2, 0) is 0 Å². The second-order valence-electron chi connectivity index (χ2n) is 4.68. The van der Waals surface area contributed by atoms with E-state index in [0.717, 1.165) is 11.3 Å². The first kappa shape index (κ1) is 13.2. The molecule has 0 bridgehead atoms. The molecule has 3 rings (SSSR count). The van der Waals surface area contributed by atoms with E-state index in [1.54, 1.807) is 18.3 Å². The lowest BCUT2D eigenvalue weighted by atomic mass is 10.1. The molecule has 0 amide bonds. The van der Waals surface area contributed by atoms with Gasteiger partial charge < -0.3 is 0 Å². The van der Waals surface area contributed by atoms with E-state index in [-0.39, 0.29) is 5.82 Å². The van der Waals surface area contributed by atoms with Gasteiger partial charge in [-0.2, -0.15) is 10.2 Å². The number of aromatic nitrogens is 2. The van der Waals surface area contributed by atoms with Gasteiger partial charge in [0.25, 0.3) is 0 Å². The summed E-state index contributed by atoms with van der Waals surface area (Å²) in [5.41, 5.74) is 4.02. The van der Waals surface area contributed by atoms with Gasteiger partial charge in [0.05, 0.1) is 17.6 Å². The fourth-order valence-corrected chi connectivity index (χ4v) is 1.94. The standard InChI is InChI=1S/C16H13FN4/c1-11-5-7-12(8-6-11)16-15(10-18-21-16)20-19-14-4-2-3-13(17)9-14/h2-10H,1H3,(H,18,21). The number of aromatic amines is 1. The van der Waals surface area contributed by atoms with Crippen LogP contribution in [0.25, 0.3) is 11.3 Å². The summed E-state index contributed by atoms with van der Waals surface area (Å²) in [6, 6.07) is 14.0. The third-order valence-electron chi connectivity index (χ3n) is 3.04. The minimum absolute atomic E-state index is 0.336. The minimum atomic E-state index is -0.336. The summed E-state index contributed by atoms with van der Waals surface area (Å²) in [5.74, 6) is -0.336. The van der Waals surface area contributed by atoms with Crippen LogP contribution in [0.4, 0.5) is 15.8 Å². The van der Waals surface area contributed by atoms with Gasteiger partial charge in [0.2, 0.25) is 0 Å². The molecular weight excluding hydrogens is 267 g/mol. The van der Waals surface area contributed by atoms with E-state index in [4.69, 9.17) is 0 Å². The van der Waals surface area contributed by atoms with Gasteiger partial charge in [-0.25, -0.2) is 4.39 Å². The number of halogens is 1. The maximum Gasteiger partial charge on any atom is 0.131 e. The van der Waals surface area contributed by atoms with Gasteiger partial charge >= 0.3 is 0 Å². The number of benzene rings is 2. The Kier molecular flexibility index (Phi) is 3.55. The maximum atomic E-state index is 13.1. The Labute approximate surface area is 121 Å². The second-order valence-corrected chi connectivity index (χ2v) is 4.68. The molecule has 5 heteroatoms. The molecule has 0 aliphatic heterocycles. The monoisotopic (exact) mass is 280 g/mol. The third kappa shape index (κ3) is 3.02. The van der Waals surface area contributed by atoms with E-state index in [2.05, 4.69) is 20.4 Å². The highest BCUT2D eigenvalue weighted by atomic mass is 19.1. The van der Waals surface area contributed by atoms with Gasteiger partial charge in [-0.1, -0.05) is 35.9 Å². The minimum Gasteiger partial charge on any atom is -0.275 e. The van der Waals surface area contributed by atoms with Crippen LogP contribution < -0.4 is 0 Å². The molecule has 0 unspecified atom stereocenters. The second kappa shape index (κ2) is 5.66. The lowest BCUT2D eigenvalue weighted by molar-refractivity contribution is 0.628. The van der Waals surface area contributed by atoms with Gasteiger partial charge in [0.1, 0.15) is 11.5 Å². The van der Waals surface area contributed by atoms with Crippen molar-refractivity contribution in [3.8, 4) is 11.3 Å². The largest absolute Gasteiger partial charge is 0.275 e. The van der Waals surface area contributed by atoms with E-state index in [1.165, 1.54) is 17.7 Å². The smallest absolute Gasteiger partial charge is 0.131 e. The lowest BCUT2D eigenvalue weighted by Gasteiger charge is -1.99. The van der Waals surface area contributed by atoms with Crippen molar-refractivity contribution >= 4 is 11.4 Å². The Morgan fingerprint density at radius 3 is 2.62 bits per heavy atom. The zero-order valence-corrected chi connectivity index (χ0v) is 11.4. The molecule has 4 nitrogen and oxygen atoms in total. The van der Waals surface area contributed by atoms with Crippen LogP contribution in [0.1, 0.15) is 5.56 Å². The zero-order chi connectivity index (χ0) is 14.7. The molecule has 0 saturated heterocycles. The van der Waals surface area contributed by atoms with Crippen molar-refractivity contribution in [1.29, 1.82) is 0 Å². The predicted octanol–water partition coefficient (Wildman–Crippen LogP) is 4.94. The average molecular weight is 280 g/mol. The fraction of sp³-hybridized carbons (Fsp3) is 0.0625. The van der Waals surface area contributed by atoms with Crippen LogP contribution in [0, 0.1) is 12.7 Å². The predicted molar refractivity (Wildman–Crippen MR) is 79.3 cm³/mol. The molecular formula is C16H13FN4. The van der Waals surface area contributed by atoms with E-state index in [1.807, 2.05) is 31.2 Å². The molecule has 0 aliphatic rings. The normalized spacial score (nSPS) is 11.1. The molecule has 0 aliphatic carbocycles. The lowest BCUT2D eigenvalue weighted by Crippen LogP contribution is -1.79. The van der Waals surface area contributed by atoms with E-state index in [0.29, 0.717) is 11.4 Å². The van der Waals surface area contributed by atoms with Crippen molar-refractivity contribution in [1.82, 2.24) is 10.2 Å². The van der Waals surface area contributed by atoms with Crippen molar-refractivity contribution in [3.05, 3.63) is 66.1 Å². The molecule has 0 fully saturated rings. The highest BCUT2D eigenvalue weighted by Gasteiger charge is 2.06. The Balaban J connectivity index is 1.91. The first-order valence-corrected chi connectivity index (χ1v) is 6.50. The van der Waals surface area contributed by atoms with Gasteiger partial charge in [0.15, 0.2) is 0 Å². The van der Waals surface area contributed by atoms with Crippen molar-refractivity contribution in [2.45, 2.75) is 6.92 Å². The Hall–Kier alpha value is -2.82. The number of H-pyrrole nitrogens is 1. The summed E-state index contributed by atoms with van der Waals surface area (Å²) in [6.07, 6.45) is 1.60. The number of hydrogen-bond acceptors (Lipinski definition) is 3. The van der Waals surface area contributed by atoms with Crippen LogP contribution in [0.3, 0.4) is 0 Å². The summed E-state index contributed by atoms with van der Waals surface area (Å²) in [4.78, 5) is 0. The number of nitrogens with one attached hydrogen (secondary N) is 1. The molecule has 1 heterocycles. The van der Waals surface area contributed by atoms with E-state index >= 15 is 0 Å². The van der Waals surface area contributed by atoms with Gasteiger partial charge in [-0.3, -0.25) is 5.10 Å². The van der Waals surface area contributed by atoms with Crippen molar-refractivity contribution in [2.24, 2.45) is 10.2 Å². The number of aryl methyl sites for hydroxylation is 1. The maximum absolute atomic E-state index is 13.1. The molecule has 3 aromatic rings. The molecule has 104 valence electrons. The Morgan fingerprint density at radius 1 is 1.05 bits per heavy atom. The molecule has 0 atom stereocenters. The highest BCUT2D eigenvalue weighted by Crippen LogP contribution is 2.29. The quantitative estimate of drug-likeness (QED) is 0.679. The van der Waals surface area contributed by atoms with Gasteiger partial charge in [-0.05, 0) is 19.1 Å². The summed E-state index contributed by atoms with van der Waals surface area (Å²) in [5, 5.41) is 15.1. The van der Waals surface area contributed by atoms with E-state index < -0.39 is 0 Å². The molecule has 21 heavy (non-hydrogen) atoms. The van der Waals surface area contributed by atoms with Crippen LogP contribution in [0.5, 0.6) is 0 Å². The summed E-state index contributed by atoms with van der Waals surface area (Å²) < 4.78 is 13.1. The van der Waals surface area contributed by atoms with Crippen molar-refractivity contribution in [2.75, 3.05) is 0 Å². The molecule has 2 aromatic carbocycles. The van der Waals surface area contributed by atoms with E-state index in [9.17, 15) is 4.39 Å².